The summed E-state index contributed by atoms with van der Waals surface area (Å²) in [4.78, 5) is 13.3. The first-order valence-corrected chi connectivity index (χ1v) is 13.2. The van der Waals surface area contributed by atoms with Gasteiger partial charge in [0.2, 0.25) is 0 Å². The van der Waals surface area contributed by atoms with Gasteiger partial charge in [0.25, 0.3) is 0 Å². The third kappa shape index (κ3) is 3.46. The minimum Gasteiger partial charge on any atom is -0.390 e. The molecule has 3 saturated carbocycles. The van der Waals surface area contributed by atoms with Gasteiger partial charge in [-0.2, -0.15) is 0 Å². The smallest absolute Gasteiger partial charge is 0.159 e. The molecule has 4 aliphatic rings. The lowest BCUT2D eigenvalue weighted by atomic mass is 9.46. The van der Waals surface area contributed by atoms with E-state index in [0.717, 1.165) is 31.3 Å². The average Bonchev–Trinajstić information content (AvgIpc) is 3.00. The van der Waals surface area contributed by atoms with Crippen molar-refractivity contribution in [3.05, 3.63) is 11.6 Å². The molecular weight excluding hydrogens is 400 g/mol. The summed E-state index contributed by atoms with van der Waals surface area (Å²) in [6, 6.07) is 0. The van der Waals surface area contributed by atoms with Crippen LogP contribution in [0.15, 0.2) is 11.6 Å². The van der Waals surface area contributed by atoms with Crippen LogP contribution in [0.3, 0.4) is 0 Å². The van der Waals surface area contributed by atoms with Gasteiger partial charge in [-0.3, -0.25) is 4.79 Å². The first-order valence-electron chi connectivity index (χ1n) is 13.2. The van der Waals surface area contributed by atoms with Crippen LogP contribution < -0.4 is 0 Å². The summed E-state index contributed by atoms with van der Waals surface area (Å²) in [6.45, 7) is 13.7. The van der Waals surface area contributed by atoms with Crippen molar-refractivity contribution in [2.75, 3.05) is 0 Å². The molecule has 0 aromatic heterocycles. The Morgan fingerprint density at radius 3 is 2.34 bits per heavy atom. The van der Waals surface area contributed by atoms with Crippen molar-refractivity contribution in [2.45, 2.75) is 111 Å². The number of carbonyl (C=O) groups is 1. The lowest BCUT2D eigenvalue weighted by molar-refractivity contribution is -0.153. The van der Waals surface area contributed by atoms with Gasteiger partial charge < -0.3 is 15.3 Å². The Bertz CT molecular complexity index is 773. The highest BCUT2D eigenvalue weighted by molar-refractivity contribution is 5.95. The highest BCUT2D eigenvalue weighted by Crippen LogP contribution is 2.68. The maximum absolute atomic E-state index is 13.3. The summed E-state index contributed by atoms with van der Waals surface area (Å²) in [5, 5.41) is 33.0. The normalized spacial score (nSPS) is 48.0. The molecule has 0 heterocycles. The van der Waals surface area contributed by atoms with E-state index in [0.29, 0.717) is 36.5 Å². The summed E-state index contributed by atoms with van der Waals surface area (Å²) in [5.41, 5.74) is -0.563. The Morgan fingerprint density at radius 2 is 1.69 bits per heavy atom. The second-order valence-electron chi connectivity index (χ2n) is 12.9. The van der Waals surface area contributed by atoms with E-state index in [4.69, 9.17) is 0 Å². The monoisotopic (exact) mass is 446 g/mol. The van der Waals surface area contributed by atoms with Crippen LogP contribution in [-0.2, 0) is 4.79 Å². The van der Waals surface area contributed by atoms with E-state index in [1.54, 1.807) is 6.08 Å². The van der Waals surface area contributed by atoms with Gasteiger partial charge in [0.05, 0.1) is 17.8 Å². The molecule has 4 heteroatoms. The second kappa shape index (κ2) is 8.20. The molecular formula is C28H46O4. The zero-order valence-electron chi connectivity index (χ0n) is 21.1. The average molecular weight is 447 g/mol. The van der Waals surface area contributed by atoms with E-state index < -0.39 is 17.8 Å². The molecule has 3 N–H and O–H groups in total. The van der Waals surface area contributed by atoms with Gasteiger partial charge in [-0.1, -0.05) is 54.4 Å². The summed E-state index contributed by atoms with van der Waals surface area (Å²) >= 11 is 0. The van der Waals surface area contributed by atoms with Gasteiger partial charge >= 0.3 is 0 Å². The van der Waals surface area contributed by atoms with Crippen LogP contribution in [0, 0.1) is 46.3 Å². The van der Waals surface area contributed by atoms with Crippen LogP contribution in [0.4, 0.5) is 0 Å². The molecule has 0 aromatic carbocycles. The predicted molar refractivity (Wildman–Crippen MR) is 127 cm³/mol. The summed E-state index contributed by atoms with van der Waals surface area (Å²) < 4.78 is 0. The summed E-state index contributed by atoms with van der Waals surface area (Å²) in [5.74, 6) is 2.34. The number of carbonyl (C=O) groups excluding carboxylic acids is 1. The number of aliphatic hydroxyl groups is 3. The zero-order chi connectivity index (χ0) is 23.6. The van der Waals surface area contributed by atoms with Gasteiger partial charge in [-0.25, -0.2) is 0 Å². The van der Waals surface area contributed by atoms with Gasteiger partial charge in [-0.15, -0.1) is 0 Å². The molecule has 3 unspecified atom stereocenters. The Balaban J connectivity index is 1.61. The van der Waals surface area contributed by atoms with Crippen LogP contribution in [0.5, 0.6) is 0 Å². The number of allylic oxidation sites excluding steroid dienone is 1. The number of rotatable bonds is 5. The Kier molecular flexibility index (Phi) is 6.26. The maximum Gasteiger partial charge on any atom is 0.159 e. The summed E-state index contributed by atoms with van der Waals surface area (Å²) in [6.07, 6.45) is 7.03. The maximum atomic E-state index is 13.3. The van der Waals surface area contributed by atoms with E-state index in [-0.39, 0.29) is 28.4 Å². The molecule has 0 spiro atoms. The van der Waals surface area contributed by atoms with Crippen molar-refractivity contribution in [3.8, 4) is 0 Å². The summed E-state index contributed by atoms with van der Waals surface area (Å²) in [7, 11) is 0. The molecule has 0 aromatic rings. The van der Waals surface area contributed by atoms with Crippen molar-refractivity contribution < 1.29 is 20.1 Å². The minimum atomic E-state index is -0.927. The molecule has 0 amide bonds. The molecule has 0 bridgehead atoms. The van der Waals surface area contributed by atoms with Gasteiger partial charge in [-0.05, 0) is 85.2 Å². The quantitative estimate of drug-likeness (QED) is 0.561. The first-order chi connectivity index (χ1) is 14.8. The SMILES string of the molecule is CC(C)[C@@H](C)CC[C@@H](C)[C@H]1CC[C@@]2(O)C3=CC(=O)C4CC(O)C(O)C[C@]4(C)[C@H]3CC[C@]12C. The fraction of sp³-hybridized carbons (Fsp3) is 0.893. The largest absolute Gasteiger partial charge is 0.390 e. The van der Waals surface area contributed by atoms with Crippen LogP contribution >= 0.6 is 0 Å². The van der Waals surface area contributed by atoms with Crippen LogP contribution in [0.25, 0.3) is 0 Å². The van der Waals surface area contributed by atoms with E-state index in [1.807, 2.05) is 0 Å². The number of fused-ring (bicyclic) bond motifs is 5. The minimum absolute atomic E-state index is 0.0460. The molecule has 10 atom stereocenters. The Morgan fingerprint density at radius 1 is 1.00 bits per heavy atom. The number of hydrogen-bond acceptors (Lipinski definition) is 4. The van der Waals surface area contributed by atoms with E-state index in [1.165, 1.54) is 12.8 Å². The van der Waals surface area contributed by atoms with Crippen molar-refractivity contribution in [1.82, 2.24) is 0 Å². The lowest BCUT2D eigenvalue weighted by Gasteiger charge is -2.60. The van der Waals surface area contributed by atoms with Crippen LogP contribution in [0.2, 0.25) is 0 Å². The van der Waals surface area contributed by atoms with E-state index >= 15 is 0 Å². The first kappa shape index (κ1) is 24.4. The zero-order valence-corrected chi connectivity index (χ0v) is 21.1. The van der Waals surface area contributed by atoms with E-state index in [2.05, 4.69) is 41.5 Å². The standard InChI is InChI=1S/C28H46O4/c1-16(2)17(3)7-8-18(4)19-10-12-28(32)21-13-23(29)22-14-24(30)25(31)15-26(22,5)20(21)9-11-27(19,28)6/h13,16-20,22,24-25,30-32H,7-12,14-15H2,1-6H3/t17-,18+,19+,20-,22?,24?,25?,26+,27+,28+/m0/s1. The molecule has 4 aliphatic carbocycles. The lowest BCUT2D eigenvalue weighted by Crippen LogP contribution is -2.60. The van der Waals surface area contributed by atoms with Crippen LogP contribution in [0.1, 0.15) is 92.9 Å². The molecule has 4 nitrogen and oxygen atoms in total. The molecule has 4 rings (SSSR count). The fourth-order valence-electron chi connectivity index (χ4n) is 8.38. The van der Waals surface area contributed by atoms with Crippen LogP contribution in [-0.4, -0.2) is 38.9 Å². The number of hydrogen-bond donors (Lipinski definition) is 3. The van der Waals surface area contributed by atoms with Crippen molar-refractivity contribution in [1.29, 1.82) is 0 Å². The second-order valence-corrected chi connectivity index (χ2v) is 12.9. The van der Waals surface area contributed by atoms with E-state index in [9.17, 15) is 20.1 Å². The number of aliphatic hydroxyl groups excluding tert-OH is 2. The fourth-order valence-corrected chi connectivity index (χ4v) is 8.38. The third-order valence-corrected chi connectivity index (χ3v) is 11.1. The van der Waals surface area contributed by atoms with Crippen molar-refractivity contribution in [2.24, 2.45) is 46.3 Å². The molecule has 0 aliphatic heterocycles. The van der Waals surface area contributed by atoms with Crippen molar-refractivity contribution in [3.63, 3.8) is 0 Å². The highest BCUT2D eigenvalue weighted by atomic mass is 16.3. The van der Waals surface area contributed by atoms with Gasteiger partial charge in [0, 0.05) is 11.3 Å². The third-order valence-electron chi connectivity index (χ3n) is 11.1. The molecule has 3 fully saturated rings. The Labute approximate surface area is 194 Å². The number of ketones is 1. The highest BCUT2D eigenvalue weighted by Gasteiger charge is 2.66. The molecule has 0 radical (unpaired) electrons. The van der Waals surface area contributed by atoms with Crippen molar-refractivity contribution >= 4 is 5.78 Å². The molecule has 32 heavy (non-hydrogen) atoms. The van der Waals surface area contributed by atoms with Gasteiger partial charge in [0.15, 0.2) is 5.78 Å². The van der Waals surface area contributed by atoms with Gasteiger partial charge in [0.1, 0.15) is 0 Å². The Hall–Kier alpha value is -0.710. The molecule has 182 valence electrons. The predicted octanol–water partition coefficient (Wildman–Crippen LogP) is 4.90. The topological polar surface area (TPSA) is 77.8 Å². The molecule has 0 saturated heterocycles.